The maximum atomic E-state index is 10.4. The first-order chi connectivity index (χ1) is 7.56. The lowest BCUT2D eigenvalue weighted by atomic mass is 10.1. The number of aliphatic carboxylic acids is 1. The number of carbonyl (C=O) groups is 1. The minimum atomic E-state index is -0.853. The van der Waals surface area contributed by atoms with E-state index in [0.29, 0.717) is 0 Å². The topological polar surface area (TPSA) is 37.3 Å². The van der Waals surface area contributed by atoms with Crippen molar-refractivity contribution in [2.45, 2.75) is 59.3 Å². The number of carboxylic acid groups (broad SMARTS) is 1. The molecule has 1 N–H and O–H groups in total. The lowest BCUT2D eigenvalue weighted by Crippen LogP contribution is -1.90. The lowest BCUT2D eigenvalue weighted by molar-refractivity contribution is -0.131. The van der Waals surface area contributed by atoms with Crippen molar-refractivity contribution in [2.24, 2.45) is 0 Å². The fraction of sp³-hybridized carbons (Fsp3) is 0.643. The van der Waals surface area contributed by atoms with Crippen molar-refractivity contribution in [1.82, 2.24) is 0 Å². The van der Waals surface area contributed by atoms with Crippen molar-refractivity contribution in [1.29, 1.82) is 0 Å². The molecule has 2 heteroatoms. The first kappa shape index (κ1) is 14.9. The van der Waals surface area contributed by atoms with Crippen LogP contribution in [0.2, 0.25) is 0 Å². The van der Waals surface area contributed by atoms with Gasteiger partial charge in [0, 0.05) is 6.08 Å². The summed E-state index contributed by atoms with van der Waals surface area (Å²) in [6.07, 6.45) is 10.5. The van der Waals surface area contributed by atoms with Gasteiger partial charge in [-0.1, -0.05) is 43.4 Å². The van der Waals surface area contributed by atoms with Crippen molar-refractivity contribution in [3.05, 3.63) is 23.3 Å². The molecule has 0 saturated heterocycles. The van der Waals surface area contributed by atoms with Gasteiger partial charge in [0.05, 0.1) is 0 Å². The first-order valence-electron chi connectivity index (χ1n) is 6.12. The van der Waals surface area contributed by atoms with Crippen LogP contribution in [0.1, 0.15) is 59.3 Å². The second kappa shape index (κ2) is 9.20. The summed E-state index contributed by atoms with van der Waals surface area (Å²) < 4.78 is 0. The Hall–Kier alpha value is -1.05. The standard InChI is InChI=1S/C14H24O2/c1-4-5-6-7-8-9-12(2)10-13(3)11-14(15)16/h9,11H,4-8,10H2,1-3H3,(H,15,16). The average Bonchev–Trinajstić information content (AvgIpc) is 2.15. The van der Waals surface area contributed by atoms with E-state index in [1.807, 2.05) is 6.92 Å². The molecule has 0 rings (SSSR count). The highest BCUT2D eigenvalue weighted by Crippen LogP contribution is 2.12. The van der Waals surface area contributed by atoms with Crippen molar-refractivity contribution in [2.75, 3.05) is 0 Å². The number of unbranched alkanes of at least 4 members (excludes halogenated alkanes) is 4. The molecule has 0 saturated carbocycles. The highest BCUT2D eigenvalue weighted by molar-refractivity contribution is 5.80. The highest BCUT2D eigenvalue weighted by Gasteiger charge is 1.96. The zero-order valence-corrected chi connectivity index (χ0v) is 10.8. The van der Waals surface area contributed by atoms with Gasteiger partial charge in [-0.15, -0.1) is 0 Å². The minimum absolute atomic E-state index is 0.778. The predicted molar refractivity (Wildman–Crippen MR) is 68.5 cm³/mol. The second-order valence-corrected chi connectivity index (χ2v) is 4.41. The first-order valence-corrected chi connectivity index (χ1v) is 6.12. The third-order valence-electron chi connectivity index (χ3n) is 2.48. The Kier molecular flexibility index (Phi) is 8.59. The third-order valence-corrected chi connectivity index (χ3v) is 2.48. The monoisotopic (exact) mass is 224 g/mol. The van der Waals surface area contributed by atoms with E-state index < -0.39 is 5.97 Å². The SMILES string of the molecule is CCCCCCC=C(C)CC(C)=CC(=O)O. The largest absolute Gasteiger partial charge is 0.478 e. The van der Waals surface area contributed by atoms with Crippen LogP contribution in [0.4, 0.5) is 0 Å². The summed E-state index contributed by atoms with van der Waals surface area (Å²) in [5.74, 6) is -0.853. The van der Waals surface area contributed by atoms with E-state index in [9.17, 15) is 4.79 Å². The van der Waals surface area contributed by atoms with Gasteiger partial charge >= 0.3 is 5.97 Å². The van der Waals surface area contributed by atoms with Crippen LogP contribution in [0, 0.1) is 0 Å². The normalized spacial score (nSPS) is 12.9. The van der Waals surface area contributed by atoms with Gasteiger partial charge in [0.1, 0.15) is 0 Å². The molecule has 0 amide bonds. The molecule has 92 valence electrons. The highest BCUT2D eigenvalue weighted by atomic mass is 16.4. The van der Waals surface area contributed by atoms with Crippen LogP contribution in [0.5, 0.6) is 0 Å². The molecule has 2 nitrogen and oxygen atoms in total. The Morgan fingerprint density at radius 1 is 1.12 bits per heavy atom. The van der Waals surface area contributed by atoms with Crippen LogP contribution in [-0.2, 0) is 4.79 Å². The molecule has 0 aromatic rings. The number of allylic oxidation sites excluding steroid dienone is 3. The number of hydrogen-bond acceptors (Lipinski definition) is 1. The molecule has 0 aliphatic heterocycles. The molecule has 0 radical (unpaired) electrons. The van der Waals surface area contributed by atoms with Gasteiger partial charge in [-0.05, 0) is 33.1 Å². The molecule has 0 heterocycles. The molecule has 0 aromatic heterocycles. The maximum absolute atomic E-state index is 10.4. The fourth-order valence-corrected chi connectivity index (χ4v) is 1.69. The summed E-state index contributed by atoms with van der Waals surface area (Å²) in [6.45, 7) is 6.14. The molecular formula is C14H24O2. The summed E-state index contributed by atoms with van der Waals surface area (Å²) in [4.78, 5) is 10.4. The fourth-order valence-electron chi connectivity index (χ4n) is 1.69. The van der Waals surface area contributed by atoms with Gasteiger partial charge < -0.3 is 5.11 Å². The Morgan fingerprint density at radius 3 is 2.38 bits per heavy atom. The minimum Gasteiger partial charge on any atom is -0.478 e. The Morgan fingerprint density at radius 2 is 1.81 bits per heavy atom. The zero-order chi connectivity index (χ0) is 12.4. The van der Waals surface area contributed by atoms with E-state index >= 15 is 0 Å². The Balaban J connectivity index is 3.82. The van der Waals surface area contributed by atoms with Gasteiger partial charge in [-0.25, -0.2) is 4.79 Å². The van der Waals surface area contributed by atoms with Gasteiger partial charge in [-0.3, -0.25) is 0 Å². The average molecular weight is 224 g/mol. The third kappa shape index (κ3) is 9.50. The summed E-state index contributed by atoms with van der Waals surface area (Å²) in [6, 6.07) is 0. The van der Waals surface area contributed by atoms with Crippen LogP contribution >= 0.6 is 0 Å². The van der Waals surface area contributed by atoms with Crippen LogP contribution in [0.3, 0.4) is 0 Å². The van der Waals surface area contributed by atoms with Gasteiger partial charge in [0.25, 0.3) is 0 Å². The summed E-state index contributed by atoms with van der Waals surface area (Å²) >= 11 is 0. The quantitative estimate of drug-likeness (QED) is 0.378. The molecule has 0 atom stereocenters. The van der Waals surface area contributed by atoms with Gasteiger partial charge in [0.2, 0.25) is 0 Å². The summed E-state index contributed by atoms with van der Waals surface area (Å²) in [5, 5.41) is 8.57. The molecule has 0 unspecified atom stereocenters. The number of hydrogen-bond donors (Lipinski definition) is 1. The van der Waals surface area contributed by atoms with Gasteiger partial charge in [-0.2, -0.15) is 0 Å². The summed E-state index contributed by atoms with van der Waals surface area (Å²) in [5.41, 5.74) is 2.18. The molecule has 0 fully saturated rings. The van der Waals surface area contributed by atoms with Gasteiger partial charge in [0.15, 0.2) is 0 Å². The van der Waals surface area contributed by atoms with Crippen LogP contribution in [0.25, 0.3) is 0 Å². The van der Waals surface area contributed by atoms with E-state index in [-0.39, 0.29) is 0 Å². The lowest BCUT2D eigenvalue weighted by Gasteiger charge is -2.01. The van der Waals surface area contributed by atoms with Crippen molar-refractivity contribution < 1.29 is 9.90 Å². The van der Waals surface area contributed by atoms with Crippen molar-refractivity contribution in [3.8, 4) is 0 Å². The van der Waals surface area contributed by atoms with Crippen LogP contribution < -0.4 is 0 Å². The van der Waals surface area contributed by atoms with Crippen LogP contribution in [0.15, 0.2) is 23.3 Å². The number of rotatable bonds is 8. The predicted octanol–water partition coefficient (Wildman–Crippen LogP) is 4.32. The zero-order valence-electron chi connectivity index (χ0n) is 10.8. The van der Waals surface area contributed by atoms with Crippen LogP contribution in [-0.4, -0.2) is 11.1 Å². The second-order valence-electron chi connectivity index (χ2n) is 4.41. The molecule has 0 aliphatic rings. The molecule has 0 spiro atoms. The maximum Gasteiger partial charge on any atom is 0.328 e. The van der Waals surface area contributed by atoms with E-state index in [2.05, 4.69) is 19.9 Å². The smallest absolute Gasteiger partial charge is 0.328 e. The molecule has 0 aliphatic carbocycles. The summed E-state index contributed by atoms with van der Waals surface area (Å²) in [7, 11) is 0. The molecular weight excluding hydrogens is 200 g/mol. The Bertz CT molecular complexity index is 262. The molecule has 0 bridgehead atoms. The van der Waals surface area contributed by atoms with E-state index in [1.54, 1.807) is 0 Å². The van der Waals surface area contributed by atoms with Crippen molar-refractivity contribution in [3.63, 3.8) is 0 Å². The Labute approximate surface area is 99.1 Å². The van der Waals surface area contributed by atoms with Crippen molar-refractivity contribution >= 4 is 5.97 Å². The molecule has 16 heavy (non-hydrogen) atoms. The van der Waals surface area contributed by atoms with E-state index in [0.717, 1.165) is 18.4 Å². The van der Waals surface area contributed by atoms with E-state index in [4.69, 9.17) is 5.11 Å². The van der Waals surface area contributed by atoms with E-state index in [1.165, 1.54) is 37.3 Å². The molecule has 0 aromatic carbocycles. The number of carboxylic acids is 1.